The van der Waals surface area contributed by atoms with Crippen LogP contribution in [0.2, 0.25) is 0 Å². The maximum atomic E-state index is 14.4. The third kappa shape index (κ3) is 7.21. The number of hydrogen-bond donors (Lipinski definition) is 0. The van der Waals surface area contributed by atoms with Gasteiger partial charge in [-0.3, -0.25) is 9.36 Å². The van der Waals surface area contributed by atoms with Crippen LogP contribution in [0.5, 0.6) is 5.75 Å². The van der Waals surface area contributed by atoms with E-state index in [1.54, 1.807) is 15.4 Å². The Morgan fingerprint density at radius 3 is 2.47 bits per heavy atom. The summed E-state index contributed by atoms with van der Waals surface area (Å²) in [6, 6.07) is 14.6. The second-order valence-corrected chi connectivity index (χ2v) is 15.5. The second kappa shape index (κ2) is 15.2. The standard InChI is InChI=1S/C39H42FN5O5S.C2H6/c1-7-26-10-14-33-35-23(2)38(39(46)49-6)45(33)15-8-16-50-34-18-25(17-27-19-28(40)11-13-31(27)34)9-12-30-20-29(41-44(30)5)21-51(47,48)22-32-36(37(26)35)24(3)43(4)42-32;1-2/h10-11,13-14,17-20H,7-9,12,15-16,21-22H2,1-6H3;1-2H3. The summed E-state index contributed by atoms with van der Waals surface area (Å²) in [5, 5.41) is 11.7. The first-order valence-electron chi connectivity index (χ1n) is 18.2. The fraction of sp³-hybridized carbons (Fsp3) is 0.390. The van der Waals surface area contributed by atoms with Gasteiger partial charge < -0.3 is 14.0 Å². The van der Waals surface area contributed by atoms with Crippen molar-refractivity contribution in [3.63, 3.8) is 0 Å². The molecular formula is C41H48FN5O5S. The molecule has 53 heavy (non-hydrogen) atoms. The first-order valence-corrected chi connectivity index (χ1v) is 20.0. The summed E-state index contributed by atoms with van der Waals surface area (Å²) >= 11 is 0. The zero-order valence-electron chi connectivity index (χ0n) is 31.8. The molecular weight excluding hydrogens is 694 g/mol. The molecule has 0 radical (unpaired) electrons. The van der Waals surface area contributed by atoms with Crippen LogP contribution in [-0.2, 0) is 66.0 Å². The summed E-state index contributed by atoms with van der Waals surface area (Å²) < 4.78 is 59.4. The van der Waals surface area contributed by atoms with Gasteiger partial charge in [-0.05, 0) is 104 Å². The van der Waals surface area contributed by atoms with Crippen molar-refractivity contribution in [1.82, 2.24) is 24.1 Å². The topological polar surface area (TPSA) is 110 Å². The number of hydrogen-bond acceptors (Lipinski definition) is 7. The molecule has 0 amide bonds. The molecule has 1 aliphatic rings. The number of fused-ring (bicyclic) bond motifs is 8. The Balaban J connectivity index is 0.00000236. The van der Waals surface area contributed by atoms with Gasteiger partial charge in [-0.2, -0.15) is 10.2 Å². The van der Waals surface area contributed by atoms with Crippen molar-refractivity contribution in [3.8, 4) is 16.9 Å². The van der Waals surface area contributed by atoms with Crippen molar-refractivity contribution in [2.75, 3.05) is 13.7 Å². The van der Waals surface area contributed by atoms with Gasteiger partial charge in [0.1, 0.15) is 17.3 Å². The van der Waals surface area contributed by atoms with Crippen LogP contribution in [0.25, 0.3) is 32.8 Å². The molecule has 0 spiro atoms. The van der Waals surface area contributed by atoms with Crippen LogP contribution >= 0.6 is 0 Å². The molecule has 0 saturated heterocycles. The van der Waals surface area contributed by atoms with Gasteiger partial charge in [0.2, 0.25) is 0 Å². The van der Waals surface area contributed by atoms with Crippen LogP contribution in [0, 0.1) is 19.7 Å². The molecule has 10 nitrogen and oxygen atoms in total. The summed E-state index contributed by atoms with van der Waals surface area (Å²) in [6.07, 6.45) is 2.47. The number of ether oxygens (including phenoxy) is 2. The van der Waals surface area contributed by atoms with Crippen LogP contribution in [-0.4, -0.2) is 52.2 Å². The fourth-order valence-corrected chi connectivity index (χ4v) is 8.93. The number of nitrogens with zero attached hydrogens (tertiary/aromatic N) is 5. The molecule has 0 fully saturated rings. The normalized spacial score (nSPS) is 14.6. The van der Waals surface area contributed by atoms with Crippen molar-refractivity contribution in [2.24, 2.45) is 14.1 Å². The van der Waals surface area contributed by atoms with Crippen LogP contribution in [0.4, 0.5) is 4.39 Å². The lowest BCUT2D eigenvalue weighted by Gasteiger charge is -2.15. The zero-order chi connectivity index (χ0) is 38.2. The van der Waals surface area contributed by atoms with Gasteiger partial charge in [-0.1, -0.05) is 32.9 Å². The molecule has 4 heterocycles. The van der Waals surface area contributed by atoms with E-state index < -0.39 is 15.8 Å². The van der Waals surface area contributed by atoms with Crippen molar-refractivity contribution in [1.29, 1.82) is 0 Å². The molecule has 1 aliphatic heterocycles. The number of carbonyl (C=O) groups excluding carboxylic acids is 1. The molecule has 3 aromatic carbocycles. The third-order valence-electron chi connectivity index (χ3n) is 10.1. The molecule has 12 heteroatoms. The number of sulfone groups is 1. The van der Waals surface area contributed by atoms with Gasteiger partial charge >= 0.3 is 5.97 Å². The Labute approximate surface area is 310 Å². The molecule has 6 aromatic rings. The quantitative estimate of drug-likeness (QED) is 0.167. The molecule has 280 valence electrons. The summed E-state index contributed by atoms with van der Waals surface area (Å²) in [5.74, 6) is -0.641. The molecule has 0 atom stereocenters. The van der Waals surface area contributed by atoms with Gasteiger partial charge in [0.15, 0.2) is 9.84 Å². The minimum absolute atomic E-state index is 0.240. The largest absolute Gasteiger partial charge is 0.493 e. The Bertz CT molecular complexity index is 2460. The van der Waals surface area contributed by atoms with Crippen molar-refractivity contribution >= 4 is 37.5 Å². The van der Waals surface area contributed by atoms with Crippen molar-refractivity contribution in [3.05, 3.63) is 99.5 Å². The molecule has 0 aliphatic carbocycles. The number of halogens is 1. The predicted molar refractivity (Wildman–Crippen MR) is 207 cm³/mol. The zero-order valence-corrected chi connectivity index (χ0v) is 32.7. The van der Waals surface area contributed by atoms with Gasteiger partial charge in [0.05, 0.1) is 36.6 Å². The maximum absolute atomic E-state index is 14.4. The molecule has 0 unspecified atom stereocenters. The number of carbonyl (C=O) groups is 1. The van der Waals surface area contributed by atoms with Gasteiger partial charge in [0, 0.05) is 53.9 Å². The Hall–Kier alpha value is -4.97. The van der Waals surface area contributed by atoms with E-state index >= 15 is 0 Å². The van der Waals surface area contributed by atoms with E-state index in [2.05, 4.69) is 18.1 Å². The minimum atomic E-state index is -3.71. The lowest BCUT2D eigenvalue weighted by Crippen LogP contribution is -2.13. The van der Waals surface area contributed by atoms with Crippen molar-refractivity contribution in [2.45, 2.75) is 78.4 Å². The van der Waals surface area contributed by atoms with E-state index in [4.69, 9.17) is 14.6 Å². The lowest BCUT2D eigenvalue weighted by atomic mass is 9.91. The fourth-order valence-electron chi connectivity index (χ4n) is 7.62. The molecule has 3 aromatic heterocycles. The van der Waals surface area contributed by atoms with Gasteiger partial charge in [-0.25, -0.2) is 17.6 Å². The summed E-state index contributed by atoms with van der Waals surface area (Å²) in [6.45, 7) is 10.7. The van der Waals surface area contributed by atoms with Crippen LogP contribution in [0.3, 0.4) is 0 Å². The number of esters is 1. The number of benzene rings is 3. The Kier molecular flexibility index (Phi) is 10.8. The highest BCUT2D eigenvalue weighted by Gasteiger charge is 2.29. The third-order valence-corrected chi connectivity index (χ3v) is 11.6. The summed E-state index contributed by atoms with van der Waals surface area (Å²) in [7, 11) is 1.30. The highest BCUT2D eigenvalue weighted by atomic mass is 32.2. The average Bonchev–Trinajstić information content (AvgIpc) is 3.72. The molecule has 8 bridgehead atoms. The molecule has 0 saturated carbocycles. The van der Waals surface area contributed by atoms with E-state index in [9.17, 15) is 17.6 Å². The van der Waals surface area contributed by atoms with Gasteiger partial charge in [-0.15, -0.1) is 0 Å². The Morgan fingerprint density at radius 2 is 1.74 bits per heavy atom. The highest BCUT2D eigenvalue weighted by molar-refractivity contribution is 7.89. The van der Waals surface area contributed by atoms with Gasteiger partial charge in [0.25, 0.3) is 0 Å². The van der Waals surface area contributed by atoms with Crippen LogP contribution in [0.15, 0.2) is 48.5 Å². The first kappa shape index (κ1) is 37.8. The van der Waals surface area contributed by atoms with Crippen LogP contribution in [0.1, 0.15) is 77.1 Å². The smallest absolute Gasteiger partial charge is 0.354 e. The lowest BCUT2D eigenvalue weighted by molar-refractivity contribution is 0.0587. The average molecular weight is 742 g/mol. The van der Waals surface area contributed by atoms with Crippen molar-refractivity contribution < 1.29 is 27.1 Å². The number of rotatable bonds is 2. The number of methoxy groups -OCH3 is 1. The number of aromatic nitrogens is 5. The number of aryl methyl sites for hydroxylation is 7. The van der Waals surface area contributed by atoms with Crippen LogP contribution < -0.4 is 4.74 Å². The predicted octanol–water partition coefficient (Wildman–Crippen LogP) is 7.74. The molecule has 7 rings (SSSR count). The van der Waals surface area contributed by atoms with E-state index in [1.807, 2.05) is 70.6 Å². The second-order valence-electron chi connectivity index (χ2n) is 13.4. The SMILES string of the molecule is CC.CCc1ccc2c3c(C)c(C(=O)OC)n2CCCOc2cc(cc4cc(F)ccc24)CCc2cc(nn2C)CS(=O)(=O)Cc2nn(C)c(C)c2-c13. The summed E-state index contributed by atoms with van der Waals surface area (Å²) in [4.78, 5) is 13.4. The van der Waals surface area contributed by atoms with E-state index in [-0.39, 0.29) is 17.3 Å². The van der Waals surface area contributed by atoms with E-state index in [0.717, 1.165) is 60.9 Å². The molecule has 0 N–H and O–H groups in total. The minimum Gasteiger partial charge on any atom is -0.493 e. The first-order chi connectivity index (χ1) is 25.4. The Morgan fingerprint density at radius 1 is 0.962 bits per heavy atom. The monoisotopic (exact) mass is 741 g/mol. The maximum Gasteiger partial charge on any atom is 0.354 e. The summed E-state index contributed by atoms with van der Waals surface area (Å²) in [5.41, 5.74) is 8.30. The highest BCUT2D eigenvalue weighted by Crippen LogP contribution is 2.41. The van der Waals surface area contributed by atoms with E-state index in [1.165, 1.54) is 19.2 Å². The van der Waals surface area contributed by atoms with E-state index in [0.29, 0.717) is 61.7 Å².